The summed E-state index contributed by atoms with van der Waals surface area (Å²) in [5.41, 5.74) is 1.10. The van der Waals surface area contributed by atoms with E-state index in [-0.39, 0.29) is 0 Å². The van der Waals surface area contributed by atoms with Crippen LogP contribution < -0.4 is 5.32 Å². The maximum atomic E-state index is 3.95. The molecule has 100 valence electrons. The zero-order valence-corrected chi connectivity index (χ0v) is 12.5. The molecule has 17 heavy (non-hydrogen) atoms. The molecule has 0 heterocycles. The lowest BCUT2D eigenvalue weighted by atomic mass is 9.68. The van der Waals surface area contributed by atoms with Crippen LogP contribution in [-0.4, -0.2) is 12.6 Å². The first-order valence-corrected chi connectivity index (χ1v) is 7.67. The smallest absolute Gasteiger partial charge is 0.0175 e. The van der Waals surface area contributed by atoms with Crippen molar-refractivity contribution in [3.8, 4) is 0 Å². The number of nitrogens with one attached hydrogen (secondary N) is 1. The van der Waals surface area contributed by atoms with Gasteiger partial charge in [0.25, 0.3) is 0 Å². The van der Waals surface area contributed by atoms with E-state index in [9.17, 15) is 0 Å². The molecular formula is C16H31N. The molecule has 0 amide bonds. The Morgan fingerprint density at radius 2 is 1.82 bits per heavy atom. The van der Waals surface area contributed by atoms with Gasteiger partial charge in [-0.15, -0.1) is 0 Å². The largest absolute Gasteiger partial charge is 0.313 e. The fourth-order valence-corrected chi connectivity index (χ4v) is 4.67. The Kier molecular flexibility index (Phi) is 3.60. The van der Waals surface area contributed by atoms with Gasteiger partial charge < -0.3 is 5.32 Å². The zero-order valence-electron chi connectivity index (χ0n) is 12.5. The summed E-state index contributed by atoms with van der Waals surface area (Å²) in [5, 5.41) is 3.95. The molecule has 2 aliphatic rings. The summed E-state index contributed by atoms with van der Waals surface area (Å²) >= 11 is 0. The summed E-state index contributed by atoms with van der Waals surface area (Å²) in [5.74, 6) is 1.83. The first-order valence-electron chi connectivity index (χ1n) is 7.67. The Morgan fingerprint density at radius 3 is 2.29 bits per heavy atom. The Balaban J connectivity index is 2.00. The molecule has 1 N–H and O–H groups in total. The van der Waals surface area contributed by atoms with Gasteiger partial charge in [0, 0.05) is 6.04 Å². The van der Waals surface area contributed by atoms with E-state index in [1.54, 1.807) is 0 Å². The molecule has 0 radical (unpaired) electrons. The number of hydrogen-bond donors (Lipinski definition) is 1. The molecule has 0 saturated heterocycles. The van der Waals surface area contributed by atoms with E-state index in [4.69, 9.17) is 0 Å². The fraction of sp³-hybridized carbons (Fsp3) is 1.00. The van der Waals surface area contributed by atoms with Crippen molar-refractivity contribution in [2.75, 3.05) is 6.54 Å². The molecule has 0 aliphatic heterocycles. The van der Waals surface area contributed by atoms with Gasteiger partial charge in [-0.2, -0.15) is 0 Å². The van der Waals surface area contributed by atoms with Crippen molar-refractivity contribution in [3.63, 3.8) is 0 Å². The van der Waals surface area contributed by atoms with Gasteiger partial charge in [0.1, 0.15) is 0 Å². The molecule has 0 spiro atoms. The van der Waals surface area contributed by atoms with Crippen LogP contribution in [0.3, 0.4) is 0 Å². The van der Waals surface area contributed by atoms with Gasteiger partial charge in [-0.05, 0) is 48.5 Å². The topological polar surface area (TPSA) is 12.0 Å². The number of rotatable bonds is 5. The summed E-state index contributed by atoms with van der Waals surface area (Å²) < 4.78 is 0. The average Bonchev–Trinajstić information content (AvgIpc) is 2.74. The quantitative estimate of drug-likeness (QED) is 0.754. The van der Waals surface area contributed by atoms with Crippen LogP contribution in [0.15, 0.2) is 0 Å². The summed E-state index contributed by atoms with van der Waals surface area (Å²) in [6.45, 7) is 13.4. The van der Waals surface area contributed by atoms with E-state index in [1.165, 1.54) is 38.6 Å². The normalized spacial score (nSPS) is 39.2. The SMILES string of the molecule is CCC(CC)CNC1C2(C)CCC(C2)C1(C)C. The van der Waals surface area contributed by atoms with Crippen LogP contribution in [0.5, 0.6) is 0 Å². The molecule has 1 nitrogen and oxygen atoms in total. The molecule has 2 saturated carbocycles. The molecule has 0 aromatic carbocycles. The van der Waals surface area contributed by atoms with Crippen LogP contribution >= 0.6 is 0 Å². The Morgan fingerprint density at radius 1 is 1.18 bits per heavy atom. The third-order valence-electron chi connectivity index (χ3n) is 6.04. The maximum absolute atomic E-state index is 3.95. The third kappa shape index (κ3) is 2.16. The van der Waals surface area contributed by atoms with E-state index in [1.807, 2.05) is 0 Å². The Labute approximate surface area is 108 Å². The second-order valence-corrected chi connectivity index (χ2v) is 7.44. The lowest BCUT2D eigenvalue weighted by molar-refractivity contribution is 0.105. The second kappa shape index (κ2) is 4.57. The highest BCUT2D eigenvalue weighted by atomic mass is 15.0. The lowest BCUT2D eigenvalue weighted by Crippen LogP contribution is -2.51. The highest BCUT2D eigenvalue weighted by molar-refractivity contribution is 5.12. The molecule has 2 aliphatic carbocycles. The minimum absolute atomic E-state index is 0.513. The van der Waals surface area contributed by atoms with E-state index >= 15 is 0 Å². The predicted octanol–water partition coefficient (Wildman–Crippen LogP) is 4.23. The highest BCUT2D eigenvalue weighted by Crippen LogP contribution is 2.62. The molecule has 2 fully saturated rings. The van der Waals surface area contributed by atoms with Crippen LogP contribution in [0.4, 0.5) is 0 Å². The summed E-state index contributed by atoms with van der Waals surface area (Å²) in [7, 11) is 0. The van der Waals surface area contributed by atoms with Crippen molar-refractivity contribution in [2.45, 2.75) is 72.8 Å². The van der Waals surface area contributed by atoms with Crippen LogP contribution in [0.2, 0.25) is 0 Å². The van der Waals surface area contributed by atoms with Crippen LogP contribution in [0.25, 0.3) is 0 Å². The van der Waals surface area contributed by atoms with E-state index in [0.29, 0.717) is 10.8 Å². The zero-order chi connectivity index (χ0) is 12.7. The van der Waals surface area contributed by atoms with Crippen molar-refractivity contribution in [2.24, 2.45) is 22.7 Å². The molecule has 1 heteroatoms. The summed E-state index contributed by atoms with van der Waals surface area (Å²) in [6.07, 6.45) is 7.00. The minimum atomic E-state index is 0.513. The molecular weight excluding hydrogens is 206 g/mol. The van der Waals surface area contributed by atoms with Gasteiger partial charge >= 0.3 is 0 Å². The van der Waals surface area contributed by atoms with Crippen molar-refractivity contribution in [3.05, 3.63) is 0 Å². The second-order valence-electron chi connectivity index (χ2n) is 7.44. The van der Waals surface area contributed by atoms with Crippen molar-refractivity contribution in [1.29, 1.82) is 0 Å². The fourth-order valence-electron chi connectivity index (χ4n) is 4.67. The standard InChI is InChI=1S/C16H31N/c1-6-12(7-2)11-17-14-15(3,4)13-8-9-16(14,5)10-13/h12-14,17H,6-11H2,1-5H3. The maximum Gasteiger partial charge on any atom is 0.0175 e. The van der Waals surface area contributed by atoms with Gasteiger partial charge in [-0.3, -0.25) is 0 Å². The number of hydrogen-bond acceptors (Lipinski definition) is 1. The average molecular weight is 237 g/mol. The Bertz CT molecular complexity index is 262. The van der Waals surface area contributed by atoms with Crippen molar-refractivity contribution < 1.29 is 0 Å². The monoisotopic (exact) mass is 237 g/mol. The van der Waals surface area contributed by atoms with Crippen LogP contribution in [0.1, 0.15) is 66.7 Å². The van der Waals surface area contributed by atoms with Crippen LogP contribution in [-0.2, 0) is 0 Å². The summed E-state index contributed by atoms with van der Waals surface area (Å²) in [4.78, 5) is 0. The van der Waals surface area contributed by atoms with Crippen molar-refractivity contribution in [1.82, 2.24) is 5.32 Å². The summed E-state index contributed by atoms with van der Waals surface area (Å²) in [6, 6.07) is 0.745. The molecule has 0 aromatic heterocycles. The minimum Gasteiger partial charge on any atom is -0.313 e. The predicted molar refractivity (Wildman–Crippen MR) is 75.1 cm³/mol. The van der Waals surface area contributed by atoms with Gasteiger partial charge in [0.15, 0.2) is 0 Å². The van der Waals surface area contributed by atoms with Gasteiger partial charge in [-0.1, -0.05) is 47.5 Å². The first kappa shape index (κ1) is 13.4. The molecule has 2 bridgehead atoms. The molecule has 2 rings (SSSR count). The van der Waals surface area contributed by atoms with Gasteiger partial charge in [0.2, 0.25) is 0 Å². The Hall–Kier alpha value is -0.0400. The van der Waals surface area contributed by atoms with Crippen LogP contribution in [0, 0.1) is 22.7 Å². The van der Waals surface area contributed by atoms with Crippen molar-refractivity contribution >= 4 is 0 Å². The van der Waals surface area contributed by atoms with Gasteiger partial charge in [0.05, 0.1) is 0 Å². The first-order chi connectivity index (χ1) is 7.94. The third-order valence-corrected chi connectivity index (χ3v) is 6.04. The molecule has 0 aromatic rings. The molecule has 3 unspecified atom stereocenters. The van der Waals surface area contributed by atoms with E-state index in [2.05, 4.69) is 39.9 Å². The lowest BCUT2D eigenvalue weighted by Gasteiger charge is -2.44. The van der Waals surface area contributed by atoms with E-state index < -0.39 is 0 Å². The highest BCUT2D eigenvalue weighted by Gasteiger charge is 2.58. The molecule has 3 atom stereocenters. The number of fused-ring (bicyclic) bond motifs is 2. The van der Waals surface area contributed by atoms with Gasteiger partial charge in [-0.25, -0.2) is 0 Å². The van der Waals surface area contributed by atoms with E-state index in [0.717, 1.165) is 17.9 Å².